The van der Waals surface area contributed by atoms with Gasteiger partial charge in [-0.15, -0.1) is 0 Å². The van der Waals surface area contributed by atoms with Crippen molar-refractivity contribution in [3.63, 3.8) is 0 Å². The highest BCUT2D eigenvalue weighted by Crippen LogP contribution is 2.63. The molecular weight excluding hydrogens is 242 g/mol. The van der Waals surface area contributed by atoms with Gasteiger partial charge < -0.3 is 9.15 Å². The first kappa shape index (κ1) is 11.5. The average Bonchev–Trinajstić information content (AvgIpc) is 3.28. The van der Waals surface area contributed by atoms with Crippen LogP contribution in [-0.2, 0) is 4.74 Å². The molecule has 0 radical (unpaired) electrons. The predicted octanol–water partition coefficient (Wildman–Crippen LogP) is 3.24. The van der Waals surface area contributed by atoms with Gasteiger partial charge in [0.2, 0.25) is 5.76 Å². The van der Waals surface area contributed by atoms with Crippen LogP contribution in [0.5, 0.6) is 0 Å². The summed E-state index contributed by atoms with van der Waals surface area (Å²) in [5.41, 5.74) is 0.860. The maximum absolute atomic E-state index is 11.9. The van der Waals surface area contributed by atoms with Gasteiger partial charge in [0.1, 0.15) is 0 Å². The highest BCUT2D eigenvalue weighted by molar-refractivity contribution is 5.87. The zero-order chi connectivity index (χ0) is 13.0. The zero-order valence-electron chi connectivity index (χ0n) is 11.2. The molecule has 0 aromatic carbocycles. The molecule has 102 valence electrons. The third kappa shape index (κ3) is 1.80. The topological polar surface area (TPSA) is 52.3 Å². The van der Waals surface area contributed by atoms with Crippen molar-refractivity contribution in [3.05, 3.63) is 17.3 Å². The minimum atomic E-state index is -0.339. The minimum Gasteiger partial charge on any atom is -0.460 e. The second-order valence-electron chi connectivity index (χ2n) is 6.05. The van der Waals surface area contributed by atoms with Crippen molar-refractivity contribution in [1.82, 2.24) is 4.98 Å². The monoisotopic (exact) mass is 261 g/mol. The lowest BCUT2D eigenvalue weighted by Crippen LogP contribution is -2.05. The van der Waals surface area contributed by atoms with E-state index in [-0.39, 0.29) is 5.97 Å². The summed E-state index contributed by atoms with van der Waals surface area (Å²) in [5.74, 6) is 3.28. The summed E-state index contributed by atoms with van der Waals surface area (Å²) < 4.78 is 10.9. The molecule has 1 aromatic heterocycles. The molecule has 4 nitrogen and oxygen atoms in total. The van der Waals surface area contributed by atoms with Crippen molar-refractivity contribution in [1.29, 1.82) is 0 Å². The highest BCUT2D eigenvalue weighted by atomic mass is 16.5. The molecule has 2 atom stereocenters. The van der Waals surface area contributed by atoms with E-state index in [0.717, 1.165) is 36.3 Å². The molecule has 4 heteroatoms. The predicted molar refractivity (Wildman–Crippen MR) is 68.0 cm³/mol. The molecule has 1 aromatic rings. The van der Waals surface area contributed by atoms with Crippen molar-refractivity contribution >= 4 is 5.97 Å². The van der Waals surface area contributed by atoms with E-state index in [9.17, 15) is 4.79 Å². The fourth-order valence-corrected chi connectivity index (χ4v) is 3.66. The van der Waals surface area contributed by atoms with Gasteiger partial charge in [0.05, 0.1) is 12.3 Å². The maximum Gasteiger partial charge on any atom is 0.376 e. The van der Waals surface area contributed by atoms with Crippen molar-refractivity contribution in [2.24, 2.45) is 11.8 Å². The maximum atomic E-state index is 11.9. The lowest BCUT2D eigenvalue weighted by molar-refractivity contribution is 0.0486. The number of rotatable bonds is 4. The van der Waals surface area contributed by atoms with Gasteiger partial charge >= 0.3 is 5.97 Å². The van der Waals surface area contributed by atoms with Crippen LogP contribution in [0.25, 0.3) is 0 Å². The van der Waals surface area contributed by atoms with Gasteiger partial charge in [-0.25, -0.2) is 9.78 Å². The van der Waals surface area contributed by atoms with Crippen LogP contribution in [-0.4, -0.2) is 17.6 Å². The van der Waals surface area contributed by atoms with Crippen LogP contribution >= 0.6 is 0 Å². The molecule has 1 heterocycles. The number of carbonyl (C=O) groups is 1. The molecule has 0 saturated heterocycles. The second-order valence-corrected chi connectivity index (χ2v) is 6.05. The van der Waals surface area contributed by atoms with Gasteiger partial charge in [0.15, 0.2) is 5.89 Å². The minimum absolute atomic E-state index is 0.339. The zero-order valence-corrected chi connectivity index (χ0v) is 11.2. The van der Waals surface area contributed by atoms with Crippen molar-refractivity contribution in [2.45, 2.75) is 50.9 Å². The van der Waals surface area contributed by atoms with Crippen molar-refractivity contribution in [3.8, 4) is 0 Å². The van der Waals surface area contributed by atoms with E-state index in [2.05, 4.69) is 4.98 Å². The van der Waals surface area contributed by atoms with E-state index in [1.807, 2.05) is 6.92 Å². The lowest BCUT2D eigenvalue weighted by atomic mass is 10.1. The Morgan fingerprint density at radius 2 is 2.05 bits per heavy atom. The number of oxazole rings is 1. The highest BCUT2D eigenvalue weighted by Gasteiger charge is 2.56. The summed E-state index contributed by atoms with van der Waals surface area (Å²) in [6.45, 7) is 2.20. The van der Waals surface area contributed by atoms with Crippen LogP contribution < -0.4 is 0 Å². The Balaban J connectivity index is 1.62. The normalized spacial score (nSPS) is 32.2. The number of fused-ring (bicyclic) bond motifs is 1. The number of ether oxygens (including phenoxy) is 1. The second kappa shape index (κ2) is 4.09. The van der Waals surface area contributed by atoms with Crippen molar-refractivity contribution < 1.29 is 13.9 Å². The molecule has 0 aliphatic heterocycles. The molecule has 0 N–H and O–H groups in total. The summed E-state index contributed by atoms with van der Waals surface area (Å²) in [6, 6.07) is 0. The van der Waals surface area contributed by atoms with Crippen LogP contribution in [0.3, 0.4) is 0 Å². The summed E-state index contributed by atoms with van der Waals surface area (Å²) in [4.78, 5) is 16.6. The summed E-state index contributed by atoms with van der Waals surface area (Å²) in [5, 5.41) is 0. The van der Waals surface area contributed by atoms with E-state index in [1.165, 1.54) is 19.3 Å². The Hall–Kier alpha value is -1.32. The Kier molecular flexibility index (Phi) is 2.47. The SMILES string of the molecule is CCOC(=O)c1oc(C2C3CCCC32)nc1C1CC1. The van der Waals surface area contributed by atoms with Gasteiger partial charge in [0.25, 0.3) is 0 Å². The molecule has 3 aliphatic rings. The number of aromatic nitrogens is 1. The molecule has 0 amide bonds. The number of nitrogens with zero attached hydrogens (tertiary/aromatic N) is 1. The molecule has 4 rings (SSSR count). The van der Waals surface area contributed by atoms with E-state index >= 15 is 0 Å². The first-order valence-electron chi connectivity index (χ1n) is 7.47. The molecule has 3 fully saturated rings. The largest absolute Gasteiger partial charge is 0.460 e. The van der Waals surface area contributed by atoms with Gasteiger partial charge in [-0.05, 0) is 44.4 Å². The molecule has 3 aliphatic carbocycles. The first-order chi connectivity index (χ1) is 9.29. The smallest absolute Gasteiger partial charge is 0.376 e. The summed E-state index contributed by atoms with van der Waals surface area (Å²) in [6.07, 6.45) is 6.18. The number of carbonyl (C=O) groups excluding carboxylic acids is 1. The van der Waals surface area contributed by atoms with E-state index < -0.39 is 0 Å². The number of hydrogen-bond donors (Lipinski definition) is 0. The molecule has 3 saturated carbocycles. The van der Waals surface area contributed by atoms with Crippen LogP contribution in [0.2, 0.25) is 0 Å². The summed E-state index contributed by atoms with van der Waals surface area (Å²) >= 11 is 0. The molecule has 0 spiro atoms. The Morgan fingerprint density at radius 1 is 1.32 bits per heavy atom. The van der Waals surface area contributed by atoms with Crippen LogP contribution in [0.1, 0.15) is 73.0 Å². The van der Waals surface area contributed by atoms with Gasteiger partial charge in [-0.2, -0.15) is 0 Å². The number of esters is 1. The third-order valence-corrected chi connectivity index (χ3v) is 4.79. The standard InChI is InChI=1S/C15H19NO3/c1-2-18-15(17)13-12(8-6-7-8)16-14(19-13)11-9-4-3-5-10(9)11/h8-11H,2-7H2,1H3. The quantitative estimate of drug-likeness (QED) is 0.781. The fraction of sp³-hybridized carbons (Fsp3) is 0.733. The molecular formula is C15H19NO3. The van der Waals surface area contributed by atoms with E-state index in [4.69, 9.17) is 9.15 Å². The van der Waals surface area contributed by atoms with Gasteiger partial charge in [-0.3, -0.25) is 0 Å². The molecule has 19 heavy (non-hydrogen) atoms. The van der Waals surface area contributed by atoms with E-state index in [1.54, 1.807) is 0 Å². The van der Waals surface area contributed by atoms with Crippen molar-refractivity contribution in [2.75, 3.05) is 6.61 Å². The fourth-order valence-electron chi connectivity index (χ4n) is 3.66. The first-order valence-corrected chi connectivity index (χ1v) is 7.47. The molecule has 2 unspecified atom stereocenters. The third-order valence-electron chi connectivity index (χ3n) is 4.79. The van der Waals surface area contributed by atoms with E-state index in [0.29, 0.717) is 24.2 Å². The van der Waals surface area contributed by atoms with Gasteiger partial charge in [-0.1, -0.05) is 6.42 Å². The average molecular weight is 261 g/mol. The van der Waals surface area contributed by atoms with Crippen LogP contribution in [0.15, 0.2) is 4.42 Å². The Bertz CT molecular complexity index is 507. The van der Waals surface area contributed by atoms with Crippen LogP contribution in [0, 0.1) is 11.8 Å². The summed E-state index contributed by atoms with van der Waals surface area (Å²) in [7, 11) is 0. The number of hydrogen-bond acceptors (Lipinski definition) is 4. The van der Waals surface area contributed by atoms with Gasteiger partial charge in [0, 0.05) is 11.8 Å². The molecule has 0 bridgehead atoms. The lowest BCUT2D eigenvalue weighted by Gasteiger charge is -1.99. The Labute approximate surface area is 112 Å². The Morgan fingerprint density at radius 3 is 2.68 bits per heavy atom. The van der Waals surface area contributed by atoms with Crippen LogP contribution in [0.4, 0.5) is 0 Å².